The van der Waals surface area contributed by atoms with Crippen LogP contribution >= 0.6 is 0 Å². The van der Waals surface area contributed by atoms with Crippen LogP contribution in [0.2, 0.25) is 0 Å². The Kier molecular flexibility index (Phi) is 5.69. The van der Waals surface area contributed by atoms with Crippen LogP contribution in [0, 0.1) is 0 Å². The normalized spacial score (nSPS) is 31.5. The first-order valence-corrected chi connectivity index (χ1v) is 7.76. The highest BCUT2D eigenvalue weighted by molar-refractivity contribution is 4.94. The van der Waals surface area contributed by atoms with Gasteiger partial charge in [0.2, 0.25) is 0 Å². The zero-order valence-corrected chi connectivity index (χ0v) is 12.3. The van der Waals surface area contributed by atoms with Crippen LogP contribution in [0.5, 0.6) is 0 Å². The predicted molar refractivity (Wildman–Crippen MR) is 73.8 cm³/mol. The fourth-order valence-corrected chi connectivity index (χ4v) is 3.32. The Morgan fingerprint density at radius 1 is 1.20 bits per heavy atom. The molecule has 3 rings (SSSR count). The lowest BCUT2D eigenvalue weighted by atomic mass is 9.95. The van der Waals surface area contributed by atoms with Crippen LogP contribution in [0.25, 0.3) is 0 Å². The molecule has 20 heavy (non-hydrogen) atoms. The smallest absolute Gasteiger partial charge is 0.312 e. The van der Waals surface area contributed by atoms with E-state index in [1.54, 1.807) is 0 Å². The van der Waals surface area contributed by atoms with Crippen LogP contribution < -0.4 is 5.32 Å². The zero-order valence-electron chi connectivity index (χ0n) is 12.3. The molecule has 2 atom stereocenters. The van der Waals surface area contributed by atoms with Crippen molar-refractivity contribution in [3.05, 3.63) is 0 Å². The van der Waals surface area contributed by atoms with Gasteiger partial charge in [0.1, 0.15) is 0 Å². The quantitative estimate of drug-likeness (QED) is 0.775. The van der Waals surface area contributed by atoms with Crippen molar-refractivity contribution in [3.63, 3.8) is 0 Å². The Hall–Kier alpha value is -0.330. The van der Waals surface area contributed by atoms with E-state index in [-0.39, 0.29) is 12.5 Å². The van der Waals surface area contributed by atoms with Gasteiger partial charge in [0.25, 0.3) is 0 Å². The monoisotopic (exact) mass is 293 g/mol. The molecule has 0 aromatic heterocycles. The summed E-state index contributed by atoms with van der Waals surface area (Å²) in [6, 6.07) is 0.581. The van der Waals surface area contributed by atoms with Crippen molar-refractivity contribution in [1.82, 2.24) is 15.1 Å². The molecule has 0 spiro atoms. The molecule has 2 unspecified atom stereocenters. The zero-order chi connectivity index (χ0) is 14.6. The van der Waals surface area contributed by atoms with E-state index in [9.17, 15) is 13.2 Å². The highest BCUT2D eigenvalue weighted by Crippen LogP contribution is 2.25. The van der Waals surface area contributed by atoms with Gasteiger partial charge >= 0.3 is 6.18 Å². The molecule has 6 heteroatoms. The summed E-state index contributed by atoms with van der Waals surface area (Å²) in [6.45, 7) is 8.34. The molecule has 1 N–H and O–H groups in total. The maximum Gasteiger partial charge on any atom is 0.389 e. The first kappa shape index (κ1) is 16.0. The molecule has 3 aliphatic heterocycles. The summed E-state index contributed by atoms with van der Waals surface area (Å²) in [5, 5.41) is 3.47. The van der Waals surface area contributed by atoms with Crippen molar-refractivity contribution in [2.24, 2.45) is 0 Å². The van der Waals surface area contributed by atoms with Crippen molar-refractivity contribution in [3.8, 4) is 0 Å². The first-order chi connectivity index (χ1) is 9.49. The fourth-order valence-electron chi connectivity index (χ4n) is 3.32. The highest BCUT2D eigenvalue weighted by Gasteiger charge is 2.36. The van der Waals surface area contributed by atoms with Gasteiger partial charge in [-0.2, -0.15) is 13.2 Å². The van der Waals surface area contributed by atoms with Crippen LogP contribution in [0.1, 0.15) is 32.6 Å². The number of nitrogens with one attached hydrogen (secondary N) is 1. The van der Waals surface area contributed by atoms with E-state index >= 15 is 0 Å². The van der Waals surface area contributed by atoms with Crippen molar-refractivity contribution >= 4 is 0 Å². The van der Waals surface area contributed by atoms with E-state index in [1.807, 2.05) is 0 Å². The molecule has 3 nitrogen and oxygen atoms in total. The fraction of sp³-hybridized carbons (Fsp3) is 1.00. The van der Waals surface area contributed by atoms with Crippen molar-refractivity contribution in [2.45, 2.75) is 50.9 Å². The summed E-state index contributed by atoms with van der Waals surface area (Å²) in [5.41, 5.74) is 0. The third kappa shape index (κ3) is 4.60. The van der Waals surface area contributed by atoms with E-state index in [4.69, 9.17) is 0 Å². The molecule has 0 aliphatic carbocycles. The third-order valence-electron chi connectivity index (χ3n) is 4.42. The average molecular weight is 293 g/mol. The van der Waals surface area contributed by atoms with Gasteiger partial charge in [-0.3, -0.25) is 9.80 Å². The van der Waals surface area contributed by atoms with Crippen LogP contribution in [-0.2, 0) is 0 Å². The van der Waals surface area contributed by atoms with Crippen molar-refractivity contribution < 1.29 is 13.2 Å². The average Bonchev–Trinajstić information content (AvgIpc) is 2.42. The van der Waals surface area contributed by atoms with Gasteiger partial charge in [-0.1, -0.05) is 6.92 Å². The molecular weight excluding hydrogens is 267 g/mol. The second kappa shape index (κ2) is 7.09. The van der Waals surface area contributed by atoms with Gasteiger partial charge in [0.15, 0.2) is 0 Å². The van der Waals surface area contributed by atoms with E-state index in [2.05, 4.69) is 22.0 Å². The standard InChI is InChI=1S/C14H26F3N3/c1-2-6-18-12(4-3-5-14(15,16)17)13-11-19-7-9-20(13)10-8-19/h12-13,18H,2-11H2,1H3. The van der Waals surface area contributed by atoms with E-state index in [0.717, 1.165) is 45.7 Å². The highest BCUT2D eigenvalue weighted by atomic mass is 19.4. The van der Waals surface area contributed by atoms with E-state index in [1.165, 1.54) is 0 Å². The molecule has 0 amide bonds. The predicted octanol–water partition coefficient (Wildman–Crippen LogP) is 2.09. The molecule has 3 aliphatic rings. The van der Waals surface area contributed by atoms with Crippen LogP contribution in [0.3, 0.4) is 0 Å². The summed E-state index contributed by atoms with van der Waals surface area (Å²) < 4.78 is 36.9. The second-order valence-electron chi connectivity index (χ2n) is 5.97. The Morgan fingerprint density at radius 3 is 2.40 bits per heavy atom. The number of fused-ring (bicyclic) bond motifs is 3. The molecule has 118 valence electrons. The van der Waals surface area contributed by atoms with Crippen molar-refractivity contribution in [1.29, 1.82) is 0 Å². The first-order valence-electron chi connectivity index (χ1n) is 7.76. The minimum absolute atomic E-state index is 0.195. The summed E-state index contributed by atoms with van der Waals surface area (Å²) in [7, 11) is 0. The maximum absolute atomic E-state index is 12.3. The number of nitrogens with zero attached hydrogens (tertiary/aromatic N) is 2. The molecule has 0 saturated carbocycles. The molecular formula is C14H26F3N3. The number of halogens is 3. The van der Waals surface area contributed by atoms with E-state index < -0.39 is 12.6 Å². The molecule has 3 saturated heterocycles. The molecule has 0 aromatic carbocycles. The van der Waals surface area contributed by atoms with Gasteiger partial charge in [0.05, 0.1) is 0 Å². The lowest BCUT2D eigenvalue weighted by Crippen LogP contribution is -2.66. The minimum atomic E-state index is -4.02. The van der Waals surface area contributed by atoms with Crippen LogP contribution in [0.15, 0.2) is 0 Å². The Morgan fingerprint density at radius 2 is 1.90 bits per heavy atom. The summed E-state index contributed by atoms with van der Waals surface area (Å²) in [4.78, 5) is 4.90. The Bertz CT molecular complexity index is 288. The number of hydrogen-bond acceptors (Lipinski definition) is 3. The molecule has 3 fully saturated rings. The molecule has 2 bridgehead atoms. The summed E-state index contributed by atoms with van der Waals surface area (Å²) in [6.07, 6.45) is -2.81. The second-order valence-corrected chi connectivity index (χ2v) is 5.97. The van der Waals surface area contributed by atoms with Crippen LogP contribution in [0.4, 0.5) is 13.2 Å². The topological polar surface area (TPSA) is 18.5 Å². The molecule has 3 heterocycles. The number of hydrogen-bond donors (Lipinski definition) is 1. The van der Waals surface area contributed by atoms with Gasteiger partial charge < -0.3 is 5.32 Å². The van der Waals surface area contributed by atoms with Crippen LogP contribution in [-0.4, -0.2) is 67.3 Å². The van der Waals surface area contributed by atoms with Gasteiger partial charge in [-0.15, -0.1) is 0 Å². The SMILES string of the molecule is CCCNC(CCCC(F)(F)F)C1CN2CCN1CC2. The minimum Gasteiger partial charge on any atom is -0.312 e. The van der Waals surface area contributed by atoms with Gasteiger partial charge in [0, 0.05) is 51.2 Å². The third-order valence-corrected chi connectivity index (χ3v) is 4.42. The van der Waals surface area contributed by atoms with Gasteiger partial charge in [-0.25, -0.2) is 0 Å². The maximum atomic E-state index is 12.3. The Balaban J connectivity index is 1.86. The van der Waals surface area contributed by atoms with Crippen molar-refractivity contribution in [2.75, 3.05) is 39.3 Å². The summed E-state index contributed by atoms with van der Waals surface area (Å²) in [5.74, 6) is 0. The van der Waals surface area contributed by atoms with E-state index in [0.29, 0.717) is 12.5 Å². The molecule has 0 radical (unpaired) electrons. The largest absolute Gasteiger partial charge is 0.389 e. The summed E-state index contributed by atoms with van der Waals surface area (Å²) >= 11 is 0. The number of alkyl halides is 3. The Labute approximate surface area is 119 Å². The number of rotatable bonds is 7. The van der Waals surface area contributed by atoms with Gasteiger partial charge in [-0.05, 0) is 25.8 Å². The lowest BCUT2D eigenvalue weighted by molar-refractivity contribution is -0.136. The number of piperazine rings is 3. The lowest BCUT2D eigenvalue weighted by Gasteiger charge is -2.50. The molecule has 0 aromatic rings.